The molecule has 4 nitrogen and oxygen atoms in total. The van der Waals surface area contributed by atoms with E-state index in [0.29, 0.717) is 13.2 Å². The fraction of sp³-hybridized carbons (Fsp3) is 0.455. The van der Waals surface area contributed by atoms with Crippen LogP contribution in [0.25, 0.3) is 0 Å². The second-order valence-corrected chi connectivity index (χ2v) is 2.91. The second-order valence-electron chi connectivity index (χ2n) is 2.91. The molecule has 0 spiro atoms. The lowest BCUT2D eigenvalue weighted by molar-refractivity contribution is 0.0858. The van der Waals surface area contributed by atoms with Gasteiger partial charge in [0, 0.05) is 12.1 Å². The molecule has 0 saturated carbocycles. The Hall–Kier alpha value is -1.26. The normalized spacial score (nSPS) is 10.1. The lowest BCUT2D eigenvalue weighted by atomic mass is 10.2. The van der Waals surface area contributed by atoms with Crippen LogP contribution < -0.4 is 15.0 Å². The molecule has 0 fully saturated rings. The van der Waals surface area contributed by atoms with Crippen LogP contribution in [-0.2, 0) is 11.4 Å². The van der Waals surface area contributed by atoms with Gasteiger partial charge in [-0.3, -0.25) is 0 Å². The van der Waals surface area contributed by atoms with E-state index in [4.69, 9.17) is 14.3 Å². The van der Waals surface area contributed by atoms with Gasteiger partial charge in [0.15, 0.2) is 11.5 Å². The first-order chi connectivity index (χ1) is 7.33. The molecular formula is C11H17NO3. The molecule has 0 heterocycles. The zero-order valence-corrected chi connectivity index (χ0v) is 9.37. The molecule has 0 amide bonds. The fourth-order valence-corrected chi connectivity index (χ4v) is 1.32. The minimum absolute atomic E-state index is 0.586. The molecule has 0 atom stereocenters. The Labute approximate surface area is 90.1 Å². The summed E-state index contributed by atoms with van der Waals surface area (Å²) in [4.78, 5) is 4.81. The minimum Gasteiger partial charge on any atom is -0.493 e. The highest BCUT2D eigenvalue weighted by Crippen LogP contribution is 2.30. The Kier molecular flexibility index (Phi) is 4.93. The van der Waals surface area contributed by atoms with Crippen LogP contribution in [0.3, 0.4) is 0 Å². The summed E-state index contributed by atoms with van der Waals surface area (Å²) in [6, 6.07) is 5.77. The van der Waals surface area contributed by atoms with Crippen LogP contribution in [0.4, 0.5) is 0 Å². The average Bonchev–Trinajstić information content (AvgIpc) is 2.28. The number of para-hydroxylation sites is 1. The van der Waals surface area contributed by atoms with Crippen LogP contribution in [0.15, 0.2) is 18.2 Å². The summed E-state index contributed by atoms with van der Waals surface area (Å²) in [7, 11) is 3.21. The number of nitrogens with one attached hydrogen (secondary N) is 1. The predicted molar refractivity (Wildman–Crippen MR) is 58.0 cm³/mol. The molecule has 0 bridgehead atoms. The third-order valence-corrected chi connectivity index (χ3v) is 1.98. The van der Waals surface area contributed by atoms with Crippen molar-refractivity contribution in [1.82, 2.24) is 5.48 Å². The van der Waals surface area contributed by atoms with Crippen molar-refractivity contribution in [2.75, 3.05) is 20.8 Å². The highest BCUT2D eigenvalue weighted by Gasteiger charge is 2.09. The van der Waals surface area contributed by atoms with Crippen LogP contribution in [0.2, 0.25) is 0 Å². The second kappa shape index (κ2) is 6.27. The number of methoxy groups -OCH3 is 1. The number of rotatable bonds is 6. The van der Waals surface area contributed by atoms with Gasteiger partial charge in [-0.2, -0.15) is 5.48 Å². The molecule has 4 heteroatoms. The third-order valence-electron chi connectivity index (χ3n) is 1.98. The van der Waals surface area contributed by atoms with E-state index in [1.807, 2.05) is 25.1 Å². The Morgan fingerprint density at radius 3 is 2.67 bits per heavy atom. The van der Waals surface area contributed by atoms with Crippen molar-refractivity contribution in [3.05, 3.63) is 23.8 Å². The van der Waals surface area contributed by atoms with Crippen molar-refractivity contribution in [2.24, 2.45) is 0 Å². The van der Waals surface area contributed by atoms with Crippen LogP contribution in [-0.4, -0.2) is 20.8 Å². The molecule has 0 aromatic heterocycles. The van der Waals surface area contributed by atoms with E-state index in [0.717, 1.165) is 17.1 Å². The number of hydroxylamine groups is 1. The molecule has 15 heavy (non-hydrogen) atoms. The summed E-state index contributed by atoms with van der Waals surface area (Å²) in [5, 5.41) is 0. The molecule has 1 aromatic carbocycles. The van der Waals surface area contributed by atoms with Crippen LogP contribution in [0, 0.1) is 0 Å². The van der Waals surface area contributed by atoms with E-state index >= 15 is 0 Å². The van der Waals surface area contributed by atoms with Gasteiger partial charge in [-0.05, 0) is 13.0 Å². The summed E-state index contributed by atoms with van der Waals surface area (Å²) in [6.45, 7) is 3.14. The van der Waals surface area contributed by atoms with Crippen molar-refractivity contribution < 1.29 is 14.3 Å². The monoisotopic (exact) mass is 211 g/mol. The summed E-state index contributed by atoms with van der Waals surface area (Å²) in [5.41, 5.74) is 3.79. The van der Waals surface area contributed by atoms with E-state index in [1.165, 1.54) is 0 Å². The van der Waals surface area contributed by atoms with Crippen molar-refractivity contribution in [2.45, 2.75) is 13.5 Å². The molecule has 0 saturated heterocycles. The Bertz CT molecular complexity index is 302. The smallest absolute Gasteiger partial charge is 0.165 e. The van der Waals surface area contributed by atoms with Gasteiger partial charge >= 0.3 is 0 Å². The zero-order chi connectivity index (χ0) is 11.1. The molecule has 1 N–H and O–H groups in total. The fourth-order valence-electron chi connectivity index (χ4n) is 1.32. The van der Waals surface area contributed by atoms with Gasteiger partial charge in [0.1, 0.15) is 0 Å². The minimum atomic E-state index is 0.586. The van der Waals surface area contributed by atoms with Gasteiger partial charge in [-0.25, -0.2) is 0 Å². The number of hydrogen-bond donors (Lipinski definition) is 1. The molecule has 84 valence electrons. The van der Waals surface area contributed by atoms with E-state index in [9.17, 15) is 0 Å². The maximum absolute atomic E-state index is 5.54. The number of hydrogen-bond acceptors (Lipinski definition) is 4. The van der Waals surface area contributed by atoms with Crippen molar-refractivity contribution in [1.29, 1.82) is 0 Å². The van der Waals surface area contributed by atoms with E-state index in [-0.39, 0.29) is 0 Å². The van der Waals surface area contributed by atoms with Crippen molar-refractivity contribution in [3.8, 4) is 11.5 Å². The van der Waals surface area contributed by atoms with Crippen LogP contribution >= 0.6 is 0 Å². The molecule has 0 aliphatic rings. The molecule has 1 aromatic rings. The molecule has 0 aliphatic carbocycles. The standard InChI is InChI=1S/C11H17NO3/c1-4-15-11-9(8-12-14-3)6-5-7-10(11)13-2/h5-7,12H,4,8H2,1-3H3. The Morgan fingerprint density at radius 2 is 2.07 bits per heavy atom. The molecule has 0 radical (unpaired) electrons. The van der Waals surface area contributed by atoms with Crippen molar-refractivity contribution in [3.63, 3.8) is 0 Å². The quantitative estimate of drug-likeness (QED) is 0.728. The molecule has 0 aliphatic heterocycles. The lowest BCUT2D eigenvalue weighted by Crippen LogP contribution is -2.12. The third kappa shape index (κ3) is 3.11. The highest BCUT2D eigenvalue weighted by molar-refractivity contribution is 5.46. The first-order valence-electron chi connectivity index (χ1n) is 4.88. The van der Waals surface area contributed by atoms with E-state index < -0.39 is 0 Å². The number of benzene rings is 1. The summed E-state index contributed by atoms with van der Waals surface area (Å²) in [6.07, 6.45) is 0. The highest BCUT2D eigenvalue weighted by atomic mass is 16.6. The van der Waals surface area contributed by atoms with Crippen LogP contribution in [0.5, 0.6) is 11.5 Å². The Balaban J connectivity index is 2.90. The Morgan fingerprint density at radius 1 is 1.27 bits per heavy atom. The summed E-state index contributed by atoms with van der Waals surface area (Å²) < 4.78 is 10.8. The summed E-state index contributed by atoms with van der Waals surface area (Å²) in [5.74, 6) is 1.51. The van der Waals surface area contributed by atoms with Gasteiger partial charge in [-0.1, -0.05) is 12.1 Å². The molecule has 0 unspecified atom stereocenters. The van der Waals surface area contributed by atoms with Crippen molar-refractivity contribution >= 4 is 0 Å². The van der Waals surface area contributed by atoms with E-state index in [2.05, 4.69) is 5.48 Å². The topological polar surface area (TPSA) is 39.7 Å². The first-order valence-corrected chi connectivity index (χ1v) is 4.88. The maximum Gasteiger partial charge on any atom is 0.165 e. The SMILES string of the molecule is CCOc1c(CNOC)cccc1OC. The predicted octanol–water partition coefficient (Wildman–Crippen LogP) is 1.74. The largest absolute Gasteiger partial charge is 0.493 e. The van der Waals surface area contributed by atoms with Gasteiger partial charge in [0.2, 0.25) is 0 Å². The average molecular weight is 211 g/mol. The first kappa shape index (κ1) is 11.8. The lowest BCUT2D eigenvalue weighted by Gasteiger charge is -2.13. The molecule has 1 rings (SSSR count). The van der Waals surface area contributed by atoms with Gasteiger partial charge in [-0.15, -0.1) is 0 Å². The molecular weight excluding hydrogens is 194 g/mol. The summed E-state index contributed by atoms with van der Waals surface area (Å²) >= 11 is 0. The maximum atomic E-state index is 5.54. The van der Waals surface area contributed by atoms with Crippen LogP contribution in [0.1, 0.15) is 12.5 Å². The number of ether oxygens (including phenoxy) is 2. The van der Waals surface area contributed by atoms with Gasteiger partial charge in [0.05, 0.1) is 20.8 Å². The van der Waals surface area contributed by atoms with Gasteiger partial charge in [0.25, 0.3) is 0 Å². The zero-order valence-electron chi connectivity index (χ0n) is 9.37. The van der Waals surface area contributed by atoms with Gasteiger partial charge < -0.3 is 14.3 Å². The van der Waals surface area contributed by atoms with E-state index in [1.54, 1.807) is 14.2 Å².